The number of methoxy groups -OCH3 is 1. The number of ether oxygens (including phenoxy) is 1. The molecular weight excluding hydrogens is 264 g/mol. The van der Waals surface area contributed by atoms with Gasteiger partial charge in [0, 0.05) is 19.3 Å². The van der Waals surface area contributed by atoms with Gasteiger partial charge in [-0.2, -0.15) is 0 Å². The average molecular weight is 290 g/mol. The predicted molar refractivity (Wildman–Crippen MR) is 85.6 cm³/mol. The number of anilines is 1. The molecule has 1 saturated heterocycles. The van der Waals surface area contributed by atoms with Crippen LogP contribution in [0.4, 0.5) is 5.69 Å². The second-order valence-electron chi connectivity index (χ2n) is 6.89. The van der Waals surface area contributed by atoms with E-state index in [0.717, 1.165) is 24.2 Å². The Hall–Kier alpha value is -1.39. The van der Waals surface area contributed by atoms with Gasteiger partial charge in [-0.05, 0) is 30.0 Å². The molecule has 0 bridgehead atoms. The zero-order chi connectivity index (χ0) is 15.5. The summed E-state index contributed by atoms with van der Waals surface area (Å²) in [5.74, 6) is 0.0473. The summed E-state index contributed by atoms with van der Waals surface area (Å²) in [6.07, 6.45) is 0.810. The summed E-state index contributed by atoms with van der Waals surface area (Å²) >= 11 is 0. The highest BCUT2D eigenvalue weighted by Crippen LogP contribution is 2.32. The Bertz CT molecular complexity index is 500. The third-order valence-electron chi connectivity index (χ3n) is 4.13. The molecule has 2 rings (SSSR count). The van der Waals surface area contributed by atoms with E-state index >= 15 is 0 Å². The van der Waals surface area contributed by atoms with Crippen molar-refractivity contribution < 1.29 is 9.53 Å². The summed E-state index contributed by atoms with van der Waals surface area (Å²) in [7, 11) is 1.65. The first-order chi connectivity index (χ1) is 9.89. The number of hydrogen-bond donors (Lipinski definition) is 2. The Morgan fingerprint density at radius 1 is 1.38 bits per heavy atom. The largest absolute Gasteiger partial charge is 0.384 e. The van der Waals surface area contributed by atoms with Gasteiger partial charge in [0.25, 0.3) is 0 Å². The molecule has 1 heterocycles. The van der Waals surface area contributed by atoms with E-state index in [0.29, 0.717) is 13.2 Å². The molecule has 0 radical (unpaired) electrons. The summed E-state index contributed by atoms with van der Waals surface area (Å²) in [6.45, 7) is 8.44. The fourth-order valence-corrected chi connectivity index (χ4v) is 2.90. The van der Waals surface area contributed by atoms with E-state index in [1.165, 1.54) is 0 Å². The van der Waals surface area contributed by atoms with Gasteiger partial charge in [0.1, 0.15) is 0 Å². The summed E-state index contributed by atoms with van der Waals surface area (Å²) in [6, 6.07) is 8.02. The first-order valence-corrected chi connectivity index (χ1v) is 7.50. The van der Waals surface area contributed by atoms with Crippen LogP contribution in [0.15, 0.2) is 24.3 Å². The third kappa shape index (κ3) is 3.44. The number of nitrogens with one attached hydrogen (secondary N) is 2. The predicted octanol–water partition coefficient (Wildman–Crippen LogP) is 2.55. The standard InChI is InChI=1S/C17H26N2O2/c1-16(2,3)13-7-5-6-8-14(13)19-15(20)17(12-21-4)9-10-18-11-17/h5-8,18H,9-12H2,1-4H3,(H,19,20). The van der Waals surface area contributed by atoms with Gasteiger partial charge >= 0.3 is 0 Å². The normalized spacial score (nSPS) is 22.3. The molecule has 21 heavy (non-hydrogen) atoms. The molecule has 1 aliphatic heterocycles. The van der Waals surface area contributed by atoms with Crippen LogP contribution in [0.25, 0.3) is 0 Å². The Labute approximate surface area is 127 Å². The number of para-hydroxylation sites is 1. The van der Waals surface area contributed by atoms with Crippen LogP contribution in [0.3, 0.4) is 0 Å². The highest BCUT2D eigenvalue weighted by Gasteiger charge is 2.41. The molecule has 2 N–H and O–H groups in total. The molecule has 4 nitrogen and oxygen atoms in total. The lowest BCUT2D eigenvalue weighted by Gasteiger charge is -2.28. The van der Waals surface area contributed by atoms with Gasteiger partial charge in [-0.25, -0.2) is 0 Å². The first kappa shape index (κ1) is 16.0. The van der Waals surface area contributed by atoms with E-state index in [-0.39, 0.29) is 11.3 Å². The minimum absolute atomic E-state index is 0.00772. The molecule has 0 aromatic heterocycles. The fourth-order valence-electron chi connectivity index (χ4n) is 2.90. The Morgan fingerprint density at radius 2 is 2.10 bits per heavy atom. The van der Waals surface area contributed by atoms with Crippen molar-refractivity contribution in [3.8, 4) is 0 Å². The smallest absolute Gasteiger partial charge is 0.234 e. The molecule has 4 heteroatoms. The highest BCUT2D eigenvalue weighted by atomic mass is 16.5. The van der Waals surface area contributed by atoms with Crippen LogP contribution < -0.4 is 10.6 Å². The van der Waals surface area contributed by atoms with E-state index in [4.69, 9.17) is 4.74 Å². The van der Waals surface area contributed by atoms with Crippen LogP contribution in [0, 0.1) is 5.41 Å². The number of rotatable bonds is 4. The van der Waals surface area contributed by atoms with Crippen LogP contribution >= 0.6 is 0 Å². The molecular formula is C17H26N2O2. The molecule has 116 valence electrons. The summed E-state index contributed by atoms with van der Waals surface area (Å²) < 4.78 is 5.28. The van der Waals surface area contributed by atoms with Crippen LogP contribution in [0.2, 0.25) is 0 Å². The van der Waals surface area contributed by atoms with E-state index in [1.807, 2.05) is 18.2 Å². The lowest BCUT2D eigenvalue weighted by Crippen LogP contribution is -2.42. The number of amides is 1. The minimum atomic E-state index is -0.459. The van der Waals surface area contributed by atoms with Gasteiger partial charge in [0.15, 0.2) is 0 Å². The lowest BCUT2D eigenvalue weighted by atomic mass is 9.84. The molecule has 1 aliphatic rings. The van der Waals surface area contributed by atoms with Crippen LogP contribution in [0.1, 0.15) is 32.8 Å². The Balaban J connectivity index is 2.23. The Kier molecular flexibility index (Phi) is 4.69. The van der Waals surface area contributed by atoms with Gasteiger partial charge in [-0.15, -0.1) is 0 Å². The van der Waals surface area contributed by atoms with Crippen molar-refractivity contribution in [1.82, 2.24) is 5.32 Å². The molecule has 1 atom stereocenters. The van der Waals surface area contributed by atoms with E-state index in [2.05, 4.69) is 37.5 Å². The third-order valence-corrected chi connectivity index (χ3v) is 4.13. The zero-order valence-corrected chi connectivity index (χ0v) is 13.5. The molecule has 1 aromatic rings. The number of hydrogen-bond acceptors (Lipinski definition) is 3. The maximum absolute atomic E-state index is 12.8. The Morgan fingerprint density at radius 3 is 2.67 bits per heavy atom. The second kappa shape index (κ2) is 6.16. The topological polar surface area (TPSA) is 50.4 Å². The van der Waals surface area contributed by atoms with Crippen molar-refractivity contribution in [1.29, 1.82) is 0 Å². The zero-order valence-electron chi connectivity index (χ0n) is 13.5. The monoisotopic (exact) mass is 290 g/mol. The number of carbonyl (C=O) groups excluding carboxylic acids is 1. The molecule has 0 spiro atoms. The molecule has 1 amide bonds. The van der Waals surface area contributed by atoms with Crippen molar-refractivity contribution in [2.45, 2.75) is 32.6 Å². The van der Waals surface area contributed by atoms with Crippen molar-refractivity contribution in [3.05, 3.63) is 29.8 Å². The first-order valence-electron chi connectivity index (χ1n) is 7.50. The molecule has 0 aliphatic carbocycles. The van der Waals surface area contributed by atoms with Gasteiger partial charge in [0.05, 0.1) is 12.0 Å². The quantitative estimate of drug-likeness (QED) is 0.896. The SMILES string of the molecule is COCC1(C(=O)Nc2ccccc2C(C)(C)C)CCNC1. The van der Waals surface area contributed by atoms with Gasteiger partial charge in [-0.3, -0.25) is 4.79 Å². The van der Waals surface area contributed by atoms with Crippen molar-refractivity contribution >= 4 is 11.6 Å². The van der Waals surface area contributed by atoms with E-state index in [1.54, 1.807) is 7.11 Å². The van der Waals surface area contributed by atoms with E-state index < -0.39 is 5.41 Å². The lowest BCUT2D eigenvalue weighted by molar-refractivity contribution is -0.127. The van der Waals surface area contributed by atoms with Crippen molar-refractivity contribution in [2.75, 3.05) is 32.1 Å². The summed E-state index contributed by atoms with van der Waals surface area (Å²) in [5.41, 5.74) is 1.58. The average Bonchev–Trinajstić information content (AvgIpc) is 2.88. The number of carbonyl (C=O) groups is 1. The van der Waals surface area contributed by atoms with Gasteiger partial charge in [-0.1, -0.05) is 39.0 Å². The number of benzene rings is 1. The fraction of sp³-hybridized carbons (Fsp3) is 0.588. The van der Waals surface area contributed by atoms with Crippen LogP contribution in [-0.2, 0) is 14.9 Å². The van der Waals surface area contributed by atoms with Crippen LogP contribution in [0.5, 0.6) is 0 Å². The van der Waals surface area contributed by atoms with Crippen molar-refractivity contribution in [3.63, 3.8) is 0 Å². The molecule has 1 aromatic carbocycles. The van der Waals surface area contributed by atoms with Crippen molar-refractivity contribution in [2.24, 2.45) is 5.41 Å². The molecule has 1 unspecified atom stereocenters. The molecule has 0 saturated carbocycles. The van der Waals surface area contributed by atoms with Gasteiger partial charge in [0.2, 0.25) is 5.91 Å². The maximum atomic E-state index is 12.8. The van der Waals surface area contributed by atoms with E-state index in [9.17, 15) is 4.79 Å². The second-order valence-corrected chi connectivity index (χ2v) is 6.89. The van der Waals surface area contributed by atoms with Gasteiger partial charge < -0.3 is 15.4 Å². The highest BCUT2D eigenvalue weighted by molar-refractivity contribution is 5.96. The van der Waals surface area contributed by atoms with Crippen LogP contribution in [-0.4, -0.2) is 32.7 Å². The maximum Gasteiger partial charge on any atom is 0.234 e. The summed E-state index contributed by atoms with van der Waals surface area (Å²) in [5, 5.41) is 6.39. The minimum Gasteiger partial charge on any atom is -0.384 e. The molecule has 1 fully saturated rings. The summed E-state index contributed by atoms with van der Waals surface area (Å²) in [4.78, 5) is 12.8.